The van der Waals surface area contributed by atoms with Crippen LogP contribution in [-0.2, 0) is 9.59 Å². The van der Waals surface area contributed by atoms with Gasteiger partial charge in [-0.05, 0) is 12.1 Å². The third-order valence-corrected chi connectivity index (χ3v) is 2.15. The quantitative estimate of drug-likeness (QED) is 0.465. The molecular weight excluding hydrogens is 334 g/mol. The first-order valence-corrected chi connectivity index (χ1v) is 5.89. The lowest BCUT2D eigenvalue weighted by molar-refractivity contribution is -0.193. The van der Waals surface area contributed by atoms with Crippen molar-refractivity contribution in [2.45, 2.75) is 33.1 Å². The van der Waals surface area contributed by atoms with Crippen LogP contribution in [-0.4, -0.2) is 29.7 Å². The summed E-state index contributed by atoms with van der Waals surface area (Å²) in [5.41, 5.74) is -0.349. The average molecular weight is 346 g/mol. The summed E-state index contributed by atoms with van der Waals surface area (Å²) in [6.07, 6.45) is -10.0. The number of alkyl halides is 6. The van der Waals surface area contributed by atoms with Crippen LogP contribution in [0.3, 0.4) is 0 Å². The standard InChI is InChI=1S/C9H12O2.C4F6O2/c1-9(2,3)8(10)7-5-4-6-11-7;5-3(6,7)1(11)2(12)4(8,9)10/h4-6H,1-3H3;. The van der Waals surface area contributed by atoms with Gasteiger partial charge in [-0.25, -0.2) is 0 Å². The lowest BCUT2D eigenvalue weighted by Gasteiger charge is -2.13. The molecular formula is C13H12F6O4. The maximum atomic E-state index is 11.4. The molecule has 4 nitrogen and oxygen atoms in total. The fourth-order valence-corrected chi connectivity index (χ4v) is 1.03. The van der Waals surface area contributed by atoms with E-state index in [1.807, 2.05) is 20.8 Å². The molecule has 23 heavy (non-hydrogen) atoms. The van der Waals surface area contributed by atoms with Crippen LogP contribution in [0, 0.1) is 5.41 Å². The fraction of sp³-hybridized carbons (Fsp3) is 0.462. The molecule has 0 N–H and O–H groups in total. The van der Waals surface area contributed by atoms with Crippen LogP contribution >= 0.6 is 0 Å². The summed E-state index contributed by atoms with van der Waals surface area (Å²) in [7, 11) is 0. The second kappa shape index (κ2) is 6.97. The molecule has 10 heteroatoms. The number of hydrogen-bond acceptors (Lipinski definition) is 4. The molecule has 0 fully saturated rings. The van der Waals surface area contributed by atoms with Crippen molar-refractivity contribution in [2.24, 2.45) is 5.41 Å². The van der Waals surface area contributed by atoms with E-state index in [1.165, 1.54) is 6.26 Å². The van der Waals surface area contributed by atoms with E-state index in [2.05, 4.69) is 0 Å². The summed E-state index contributed by atoms with van der Waals surface area (Å²) in [5, 5.41) is 0. The minimum atomic E-state index is -5.77. The normalized spacial score (nSPS) is 12.2. The molecule has 0 unspecified atom stereocenters. The average Bonchev–Trinajstić information content (AvgIpc) is 2.87. The molecule has 0 saturated heterocycles. The van der Waals surface area contributed by atoms with Gasteiger partial charge in [-0.15, -0.1) is 0 Å². The van der Waals surface area contributed by atoms with Crippen molar-refractivity contribution in [2.75, 3.05) is 0 Å². The second-order valence-electron chi connectivity index (χ2n) is 5.21. The Bertz CT molecular complexity index is 537. The molecule has 0 bridgehead atoms. The zero-order chi connectivity index (χ0) is 18.6. The van der Waals surface area contributed by atoms with Gasteiger partial charge in [0.05, 0.1) is 6.26 Å². The number of rotatable bonds is 2. The molecule has 1 heterocycles. The minimum absolute atomic E-state index is 0.0440. The predicted octanol–water partition coefficient (Wildman–Crippen LogP) is 3.76. The maximum Gasteiger partial charge on any atom is 0.458 e. The number of ketones is 3. The molecule has 0 spiro atoms. The molecule has 0 saturated carbocycles. The van der Waals surface area contributed by atoms with Crippen molar-refractivity contribution in [1.29, 1.82) is 0 Å². The third kappa shape index (κ3) is 6.66. The smallest absolute Gasteiger partial charge is 0.458 e. The second-order valence-corrected chi connectivity index (χ2v) is 5.21. The Labute approximate surface area is 126 Å². The van der Waals surface area contributed by atoms with Gasteiger partial charge in [0.25, 0.3) is 0 Å². The summed E-state index contributed by atoms with van der Waals surface area (Å²) in [4.78, 5) is 30.7. The summed E-state index contributed by atoms with van der Waals surface area (Å²) >= 11 is 0. The molecule has 0 amide bonds. The minimum Gasteiger partial charge on any atom is -0.461 e. The summed E-state index contributed by atoms with van der Waals surface area (Å²) in [6.45, 7) is 5.62. The van der Waals surface area contributed by atoms with Crippen molar-refractivity contribution in [3.63, 3.8) is 0 Å². The third-order valence-electron chi connectivity index (χ3n) is 2.15. The highest BCUT2D eigenvalue weighted by atomic mass is 19.4. The molecule has 0 aromatic carbocycles. The van der Waals surface area contributed by atoms with Gasteiger partial charge in [0, 0.05) is 5.41 Å². The Balaban J connectivity index is 0.000000422. The first kappa shape index (κ1) is 20.9. The lowest BCUT2D eigenvalue weighted by atomic mass is 9.89. The highest BCUT2D eigenvalue weighted by Gasteiger charge is 2.54. The first-order chi connectivity index (χ1) is 10.1. The Morgan fingerprint density at radius 1 is 0.870 bits per heavy atom. The van der Waals surface area contributed by atoms with Crippen LogP contribution in [0.25, 0.3) is 0 Å². The molecule has 0 aliphatic carbocycles. The van der Waals surface area contributed by atoms with E-state index in [1.54, 1.807) is 12.1 Å². The van der Waals surface area contributed by atoms with Gasteiger partial charge >= 0.3 is 23.9 Å². The highest BCUT2D eigenvalue weighted by molar-refractivity contribution is 6.41. The largest absolute Gasteiger partial charge is 0.461 e. The van der Waals surface area contributed by atoms with Gasteiger partial charge in [0.15, 0.2) is 5.76 Å². The van der Waals surface area contributed by atoms with Crippen molar-refractivity contribution >= 4 is 17.3 Å². The van der Waals surface area contributed by atoms with E-state index >= 15 is 0 Å². The van der Waals surface area contributed by atoms with E-state index in [-0.39, 0.29) is 11.2 Å². The predicted molar refractivity (Wildman–Crippen MR) is 64.6 cm³/mol. The van der Waals surface area contributed by atoms with Crippen molar-refractivity contribution in [3.8, 4) is 0 Å². The summed E-state index contributed by atoms with van der Waals surface area (Å²) in [6, 6.07) is 3.41. The summed E-state index contributed by atoms with van der Waals surface area (Å²) < 4.78 is 71.9. The van der Waals surface area contributed by atoms with Gasteiger partial charge in [-0.2, -0.15) is 26.3 Å². The van der Waals surface area contributed by atoms with Gasteiger partial charge in [0.1, 0.15) is 0 Å². The van der Waals surface area contributed by atoms with Crippen molar-refractivity contribution < 1.29 is 45.1 Å². The van der Waals surface area contributed by atoms with Crippen LogP contribution in [0.1, 0.15) is 31.3 Å². The Morgan fingerprint density at radius 2 is 1.26 bits per heavy atom. The number of hydrogen-bond donors (Lipinski definition) is 0. The van der Waals surface area contributed by atoms with E-state index in [0.717, 1.165) is 0 Å². The SMILES string of the molecule is CC(C)(C)C(=O)c1ccco1.O=C(C(=O)C(F)(F)F)C(F)(F)F. The molecule has 1 aromatic heterocycles. The highest BCUT2D eigenvalue weighted by Crippen LogP contribution is 2.24. The van der Waals surface area contributed by atoms with Crippen LogP contribution in [0.5, 0.6) is 0 Å². The van der Waals surface area contributed by atoms with E-state index in [0.29, 0.717) is 5.76 Å². The van der Waals surface area contributed by atoms with Gasteiger partial charge < -0.3 is 4.42 Å². The van der Waals surface area contributed by atoms with Crippen LogP contribution in [0.15, 0.2) is 22.8 Å². The molecule has 1 rings (SSSR count). The maximum absolute atomic E-state index is 11.4. The molecule has 1 aromatic rings. The zero-order valence-electron chi connectivity index (χ0n) is 12.1. The van der Waals surface area contributed by atoms with E-state index < -0.39 is 23.9 Å². The first-order valence-electron chi connectivity index (χ1n) is 5.89. The lowest BCUT2D eigenvalue weighted by Crippen LogP contribution is -2.39. The number of carbonyl (C=O) groups excluding carboxylic acids is 3. The monoisotopic (exact) mass is 346 g/mol. The van der Waals surface area contributed by atoms with Crippen molar-refractivity contribution in [3.05, 3.63) is 24.2 Å². The topological polar surface area (TPSA) is 64.3 Å². The molecule has 0 aliphatic rings. The van der Waals surface area contributed by atoms with Crippen molar-refractivity contribution in [1.82, 2.24) is 0 Å². The fourth-order valence-electron chi connectivity index (χ4n) is 1.03. The van der Waals surface area contributed by atoms with Crippen LogP contribution in [0.2, 0.25) is 0 Å². The molecule has 0 aliphatic heterocycles. The molecule has 0 radical (unpaired) electrons. The Hall–Kier alpha value is -2.13. The number of halogens is 6. The van der Waals surface area contributed by atoms with E-state index in [4.69, 9.17) is 4.42 Å². The Morgan fingerprint density at radius 3 is 1.48 bits per heavy atom. The zero-order valence-corrected chi connectivity index (χ0v) is 12.1. The Kier molecular flexibility index (Phi) is 6.32. The summed E-state index contributed by atoms with van der Waals surface area (Å²) in [5.74, 6) is -6.33. The number of furan rings is 1. The van der Waals surface area contributed by atoms with Gasteiger partial charge in [-0.1, -0.05) is 20.8 Å². The molecule has 0 atom stereocenters. The van der Waals surface area contributed by atoms with Gasteiger partial charge in [0.2, 0.25) is 5.78 Å². The van der Waals surface area contributed by atoms with Gasteiger partial charge in [-0.3, -0.25) is 14.4 Å². The number of Topliss-reactive ketones (excluding diaryl/α,β-unsaturated/α-hetero) is 3. The van der Waals surface area contributed by atoms with Crippen LogP contribution < -0.4 is 0 Å². The number of carbonyl (C=O) groups is 3. The molecule has 130 valence electrons. The van der Waals surface area contributed by atoms with Crippen LogP contribution in [0.4, 0.5) is 26.3 Å². The van der Waals surface area contributed by atoms with E-state index in [9.17, 15) is 40.7 Å².